The molecule has 0 saturated heterocycles. The number of sulfonamides is 1. The van der Waals surface area contributed by atoms with Crippen LogP contribution in [0.4, 0.5) is 18.9 Å². The van der Waals surface area contributed by atoms with Crippen molar-refractivity contribution in [1.82, 2.24) is 4.72 Å². The Morgan fingerprint density at radius 1 is 1.02 bits per heavy atom. The molecule has 5 rings (SSSR count). The maximum atomic E-state index is 13.9. The molecule has 0 spiro atoms. The minimum atomic E-state index is -4.75. The van der Waals surface area contributed by atoms with Crippen LogP contribution in [-0.2, 0) is 23.1 Å². The summed E-state index contributed by atoms with van der Waals surface area (Å²) in [5.74, 6) is -2.09. The standard InChI is InChI=1S/C33H42ClF3N2O5S/c1-20-6-5-8-28(31(40)33(35,36)37)27-13-10-24(27)18-39-15-4-3-7-22-16-26(34)12-9-25(22)19-44-30-14-11-23(17-29(30)39)32(41)38-45(42,43)21(20)2/h9,11-12,14,16-17,20-21,24,27-28,31,40H,3-8,10,13,15,18-19H2,1-2H3,(H,38,41)/t20?,21?,24?,27?,28-,31+/m0/s1. The lowest BCUT2D eigenvalue weighted by Crippen LogP contribution is -2.48. The average molecular weight is 671 g/mol. The second kappa shape index (κ2) is 13.7. The predicted molar refractivity (Wildman–Crippen MR) is 168 cm³/mol. The summed E-state index contributed by atoms with van der Waals surface area (Å²) in [5, 5.41) is 10.2. The molecular formula is C33H42ClF3N2O5S. The Kier molecular flexibility index (Phi) is 10.3. The summed E-state index contributed by atoms with van der Waals surface area (Å²) >= 11 is 6.28. The molecule has 1 amide bonds. The first-order valence-electron chi connectivity index (χ1n) is 15.8. The van der Waals surface area contributed by atoms with Crippen molar-refractivity contribution in [1.29, 1.82) is 0 Å². The molecule has 12 heteroatoms. The van der Waals surface area contributed by atoms with Gasteiger partial charge < -0.3 is 14.7 Å². The van der Waals surface area contributed by atoms with E-state index in [1.165, 1.54) is 13.0 Å². The van der Waals surface area contributed by atoms with Crippen LogP contribution in [0.15, 0.2) is 36.4 Å². The van der Waals surface area contributed by atoms with Gasteiger partial charge in [0.15, 0.2) is 6.10 Å². The first kappa shape index (κ1) is 33.9. The zero-order valence-corrected chi connectivity index (χ0v) is 27.2. The number of anilines is 1. The van der Waals surface area contributed by atoms with Crippen molar-refractivity contribution in [2.24, 2.45) is 23.7 Å². The molecule has 2 heterocycles. The van der Waals surface area contributed by atoms with Gasteiger partial charge in [0.25, 0.3) is 5.91 Å². The summed E-state index contributed by atoms with van der Waals surface area (Å²) in [6.45, 7) is 4.45. The van der Waals surface area contributed by atoms with Gasteiger partial charge in [0.2, 0.25) is 10.0 Å². The zero-order valence-electron chi connectivity index (χ0n) is 25.7. The molecule has 0 radical (unpaired) electrons. The second-order valence-corrected chi connectivity index (χ2v) is 15.5. The van der Waals surface area contributed by atoms with Crippen molar-refractivity contribution in [3.05, 3.63) is 58.1 Å². The maximum absolute atomic E-state index is 13.9. The Hall–Kier alpha value is -2.50. The fourth-order valence-corrected chi connectivity index (χ4v) is 8.60. The van der Waals surface area contributed by atoms with Gasteiger partial charge in [-0.15, -0.1) is 0 Å². The molecule has 1 aliphatic carbocycles. The molecule has 6 atom stereocenters. The number of nitrogens with one attached hydrogen (secondary N) is 1. The lowest BCUT2D eigenvalue weighted by molar-refractivity contribution is -0.231. The van der Waals surface area contributed by atoms with Crippen LogP contribution in [0.3, 0.4) is 0 Å². The van der Waals surface area contributed by atoms with Gasteiger partial charge in [-0.3, -0.25) is 4.79 Å². The van der Waals surface area contributed by atoms with Gasteiger partial charge in [-0.25, -0.2) is 13.1 Å². The number of carbonyl (C=O) groups is 1. The highest BCUT2D eigenvalue weighted by atomic mass is 35.5. The van der Waals surface area contributed by atoms with Crippen molar-refractivity contribution in [3.8, 4) is 5.75 Å². The average Bonchev–Trinajstić information content (AvgIpc) is 2.99. The Morgan fingerprint density at radius 3 is 2.51 bits per heavy atom. The van der Waals surface area contributed by atoms with Crippen LogP contribution >= 0.6 is 11.6 Å². The topological polar surface area (TPSA) is 95.9 Å². The Labute approximate surface area is 268 Å². The number of hydrogen-bond donors (Lipinski definition) is 2. The van der Waals surface area contributed by atoms with E-state index in [9.17, 15) is 31.5 Å². The van der Waals surface area contributed by atoms with Gasteiger partial charge in [-0.2, -0.15) is 13.2 Å². The van der Waals surface area contributed by atoms with Crippen LogP contribution in [0.2, 0.25) is 5.02 Å². The highest BCUT2D eigenvalue weighted by molar-refractivity contribution is 7.90. The van der Waals surface area contributed by atoms with Crippen LogP contribution in [0.25, 0.3) is 0 Å². The van der Waals surface area contributed by atoms with E-state index in [0.717, 1.165) is 36.8 Å². The third-order valence-electron chi connectivity index (χ3n) is 10.2. The number of benzene rings is 2. The van der Waals surface area contributed by atoms with Gasteiger partial charge in [0.05, 0.1) is 10.9 Å². The molecule has 248 valence electrons. The molecule has 7 nitrogen and oxygen atoms in total. The molecule has 1 fully saturated rings. The minimum absolute atomic E-state index is 0.0944. The molecule has 2 bridgehead atoms. The smallest absolute Gasteiger partial charge is 0.414 e. The summed E-state index contributed by atoms with van der Waals surface area (Å²) in [7, 11) is -4.08. The van der Waals surface area contributed by atoms with Crippen molar-refractivity contribution in [2.45, 2.75) is 89.4 Å². The van der Waals surface area contributed by atoms with E-state index >= 15 is 0 Å². The monoisotopic (exact) mass is 670 g/mol. The van der Waals surface area contributed by atoms with E-state index in [4.69, 9.17) is 16.3 Å². The SMILES string of the molecule is CC1CCC[C@H]([C@@H](O)C(F)(F)F)C2CCC2CN2CCCCc3cc(Cl)ccc3COc3ccc(cc32)C(=O)NS(=O)(=O)C1C. The maximum Gasteiger partial charge on any atom is 0.414 e. The summed E-state index contributed by atoms with van der Waals surface area (Å²) < 4.78 is 76.7. The summed E-state index contributed by atoms with van der Waals surface area (Å²) in [4.78, 5) is 15.4. The van der Waals surface area contributed by atoms with Crippen LogP contribution in [-0.4, -0.2) is 50.1 Å². The first-order valence-corrected chi connectivity index (χ1v) is 17.8. The number of aliphatic hydroxyl groups excluding tert-OH is 1. The molecule has 3 aliphatic rings. The summed E-state index contributed by atoms with van der Waals surface area (Å²) in [5.41, 5.74) is 2.79. The molecule has 2 aromatic rings. The van der Waals surface area contributed by atoms with Crippen molar-refractivity contribution < 1.29 is 36.2 Å². The number of ether oxygens (including phenoxy) is 1. The molecule has 0 aromatic heterocycles. The fraction of sp³-hybridized carbons (Fsp3) is 0.606. The first-order chi connectivity index (χ1) is 21.2. The number of fused-ring (bicyclic) bond motifs is 3. The van der Waals surface area contributed by atoms with E-state index in [2.05, 4.69) is 9.62 Å². The number of hydrogen-bond acceptors (Lipinski definition) is 6. The Morgan fingerprint density at radius 2 is 1.80 bits per heavy atom. The van der Waals surface area contributed by atoms with E-state index in [1.54, 1.807) is 19.1 Å². The number of aliphatic hydroxyl groups is 1. The predicted octanol–water partition coefficient (Wildman–Crippen LogP) is 6.90. The third kappa shape index (κ3) is 7.73. The van der Waals surface area contributed by atoms with E-state index in [0.29, 0.717) is 48.8 Å². The summed E-state index contributed by atoms with van der Waals surface area (Å²) in [6.07, 6.45) is -2.70. The van der Waals surface area contributed by atoms with E-state index in [-0.39, 0.29) is 30.4 Å². The Bertz CT molecular complexity index is 1490. The van der Waals surface area contributed by atoms with Crippen molar-refractivity contribution in [3.63, 3.8) is 0 Å². The normalized spacial score (nSPS) is 28.6. The van der Waals surface area contributed by atoms with E-state index in [1.807, 2.05) is 18.2 Å². The Balaban J connectivity index is 1.55. The van der Waals surface area contributed by atoms with Crippen LogP contribution in [0.1, 0.15) is 80.3 Å². The van der Waals surface area contributed by atoms with Gasteiger partial charge in [-0.1, -0.05) is 31.0 Å². The van der Waals surface area contributed by atoms with Gasteiger partial charge in [0.1, 0.15) is 12.4 Å². The van der Waals surface area contributed by atoms with Gasteiger partial charge in [0, 0.05) is 23.7 Å². The fourth-order valence-electron chi connectivity index (χ4n) is 7.09. The van der Waals surface area contributed by atoms with Crippen LogP contribution < -0.4 is 14.4 Å². The number of alkyl halides is 3. The molecule has 2 N–H and O–H groups in total. The minimum Gasteiger partial charge on any atom is -0.487 e. The summed E-state index contributed by atoms with van der Waals surface area (Å²) in [6, 6.07) is 10.5. The van der Waals surface area contributed by atoms with Crippen molar-refractivity contribution >= 4 is 33.2 Å². The number of nitrogens with zero attached hydrogens (tertiary/aromatic N) is 1. The molecule has 4 unspecified atom stereocenters. The largest absolute Gasteiger partial charge is 0.487 e. The second-order valence-electron chi connectivity index (χ2n) is 13.0. The number of carbonyl (C=O) groups excluding carboxylic acids is 1. The van der Waals surface area contributed by atoms with Crippen LogP contribution in [0.5, 0.6) is 5.75 Å². The molecule has 2 aromatic carbocycles. The van der Waals surface area contributed by atoms with Gasteiger partial charge >= 0.3 is 6.18 Å². The number of halogens is 4. The van der Waals surface area contributed by atoms with E-state index < -0.39 is 45.3 Å². The highest BCUT2D eigenvalue weighted by Gasteiger charge is 2.50. The highest BCUT2D eigenvalue weighted by Crippen LogP contribution is 2.47. The third-order valence-corrected chi connectivity index (χ3v) is 12.3. The van der Waals surface area contributed by atoms with Gasteiger partial charge in [-0.05, 0) is 117 Å². The number of rotatable bonds is 1. The molecule has 2 aliphatic heterocycles. The zero-order chi connectivity index (χ0) is 32.5. The quantitative estimate of drug-likeness (QED) is 0.343. The lowest BCUT2D eigenvalue weighted by atomic mass is 9.63. The number of aryl methyl sites for hydroxylation is 1. The van der Waals surface area contributed by atoms with Crippen molar-refractivity contribution in [2.75, 3.05) is 18.0 Å². The molecular weight excluding hydrogens is 629 g/mol. The van der Waals surface area contributed by atoms with Crippen LogP contribution in [0, 0.1) is 23.7 Å². The molecule has 45 heavy (non-hydrogen) atoms. The number of amides is 1. The lowest BCUT2D eigenvalue weighted by Gasteiger charge is -2.46. The molecule has 1 saturated carbocycles.